The molecule has 0 atom stereocenters. The van der Waals surface area contributed by atoms with E-state index in [9.17, 15) is 9.59 Å². The third-order valence-corrected chi connectivity index (χ3v) is 6.83. The second kappa shape index (κ2) is 9.39. The predicted octanol–water partition coefficient (Wildman–Crippen LogP) is 0.861. The third-order valence-electron chi connectivity index (χ3n) is 2.98. The van der Waals surface area contributed by atoms with Crippen molar-refractivity contribution in [3.8, 4) is 0 Å². The first-order valence-corrected chi connectivity index (χ1v) is 10.4. The van der Waals surface area contributed by atoms with E-state index in [0.29, 0.717) is 23.7 Å². The molecule has 2 N–H and O–H groups in total. The van der Waals surface area contributed by atoms with Gasteiger partial charge < -0.3 is 0 Å². The number of nitrogens with one attached hydrogen (secondary N) is 2. The number of pyridine rings is 1. The third kappa shape index (κ3) is 5.76. The van der Waals surface area contributed by atoms with Gasteiger partial charge in [-0.25, -0.2) is 0 Å². The Bertz CT molecular complexity index is 758. The molecule has 0 unspecified atom stereocenters. The summed E-state index contributed by atoms with van der Waals surface area (Å²) in [6.07, 6.45) is 3.32. The van der Waals surface area contributed by atoms with E-state index in [1.807, 2.05) is 18.2 Å². The van der Waals surface area contributed by atoms with Crippen LogP contribution in [0.4, 0.5) is 0 Å². The van der Waals surface area contributed by atoms with Crippen LogP contribution in [0.2, 0.25) is 5.02 Å². The molecule has 2 rings (SSSR count). The van der Waals surface area contributed by atoms with E-state index in [1.54, 1.807) is 18.5 Å². The molecule has 0 aliphatic rings. The molecule has 1 radical (unpaired) electrons. The fourth-order valence-corrected chi connectivity index (χ4v) is 5.05. The van der Waals surface area contributed by atoms with Gasteiger partial charge in [-0.1, -0.05) is 0 Å². The molecule has 0 fully saturated rings. The number of benzene rings is 1. The van der Waals surface area contributed by atoms with Gasteiger partial charge in [-0.2, -0.15) is 0 Å². The summed E-state index contributed by atoms with van der Waals surface area (Å²) >= 11 is 8.06. The molecule has 8 heteroatoms. The van der Waals surface area contributed by atoms with Crippen LogP contribution in [0.25, 0.3) is 0 Å². The molecule has 1 aromatic heterocycles. The summed E-state index contributed by atoms with van der Waals surface area (Å²) in [6, 6.07) is 7.62. The molecular weight excluding hydrogens is 503 g/mol. The molecule has 24 heavy (non-hydrogen) atoms. The van der Waals surface area contributed by atoms with Crippen molar-refractivity contribution in [2.75, 3.05) is 13.1 Å². The number of carbonyl (C=O) groups is 2. The van der Waals surface area contributed by atoms with E-state index >= 15 is 0 Å². The maximum absolute atomic E-state index is 12.4. The van der Waals surface area contributed by atoms with E-state index < -0.39 is 15.8 Å². The Morgan fingerprint density at radius 1 is 1.21 bits per heavy atom. The van der Waals surface area contributed by atoms with Gasteiger partial charge in [0.15, 0.2) is 0 Å². The Labute approximate surface area is 165 Å². The molecule has 125 valence electrons. The van der Waals surface area contributed by atoms with Gasteiger partial charge in [0, 0.05) is 0 Å². The zero-order chi connectivity index (χ0) is 17.5. The number of rotatable bonds is 6. The molecule has 0 bridgehead atoms. The van der Waals surface area contributed by atoms with Crippen molar-refractivity contribution in [3.05, 3.63) is 50.8 Å². The molecule has 0 saturated carbocycles. The first-order valence-electron chi connectivity index (χ1n) is 7.11. The van der Waals surface area contributed by atoms with E-state index in [2.05, 4.69) is 38.2 Å². The summed E-state index contributed by atoms with van der Waals surface area (Å²) in [6.45, 7) is 2.22. The van der Waals surface area contributed by atoms with Crippen molar-refractivity contribution in [2.45, 2.75) is 6.92 Å². The SMILES string of the molecule is CC(=O)NCCNC(=O)c1ccncc1[As]c1ccc(I)cc1Cl. The van der Waals surface area contributed by atoms with Gasteiger partial charge in [0.2, 0.25) is 0 Å². The minimum absolute atomic E-state index is 0.118. The zero-order valence-electron chi connectivity index (χ0n) is 12.8. The van der Waals surface area contributed by atoms with Crippen LogP contribution in [0.1, 0.15) is 17.3 Å². The zero-order valence-corrected chi connectivity index (χ0v) is 17.6. The Morgan fingerprint density at radius 2 is 1.96 bits per heavy atom. The number of hydrogen-bond donors (Lipinski definition) is 2. The number of hydrogen-bond acceptors (Lipinski definition) is 3. The van der Waals surface area contributed by atoms with Crippen molar-refractivity contribution in [2.24, 2.45) is 0 Å². The molecule has 0 saturated heterocycles. The molecule has 0 aliphatic carbocycles. The second-order valence-corrected chi connectivity index (χ2v) is 8.98. The average molecular weight is 519 g/mol. The van der Waals surface area contributed by atoms with Crippen molar-refractivity contribution in [1.82, 2.24) is 15.6 Å². The van der Waals surface area contributed by atoms with Gasteiger partial charge in [-0.15, -0.1) is 0 Å². The monoisotopic (exact) mass is 518 g/mol. The summed E-state index contributed by atoms with van der Waals surface area (Å²) in [7, 11) is 0. The molecule has 2 amide bonds. The number of nitrogens with zero attached hydrogens (tertiary/aromatic N) is 1. The molecule has 2 aromatic rings. The topological polar surface area (TPSA) is 71.1 Å². The van der Waals surface area contributed by atoms with Crippen LogP contribution < -0.4 is 19.3 Å². The molecule has 1 heterocycles. The number of amides is 2. The second-order valence-electron chi connectivity index (χ2n) is 4.84. The normalized spacial score (nSPS) is 10.8. The Morgan fingerprint density at radius 3 is 2.67 bits per heavy atom. The van der Waals surface area contributed by atoms with Gasteiger partial charge in [0.25, 0.3) is 0 Å². The standard InChI is InChI=1S/C16H15AsClIN3O2/c1-10(23)21-6-7-22-16(24)12-4-5-20-9-14(12)17-13-3-2-11(19)8-15(13)18/h2-5,8-9H,6-7H2,1H3,(H,21,23)(H,22,24). The van der Waals surface area contributed by atoms with Crippen molar-refractivity contribution < 1.29 is 9.59 Å². The molecule has 0 spiro atoms. The van der Waals surface area contributed by atoms with Crippen molar-refractivity contribution in [3.63, 3.8) is 0 Å². The van der Waals surface area contributed by atoms with Crippen molar-refractivity contribution >= 4 is 70.5 Å². The van der Waals surface area contributed by atoms with E-state index in [4.69, 9.17) is 11.6 Å². The maximum atomic E-state index is 12.4. The fourth-order valence-electron chi connectivity index (χ4n) is 1.88. The van der Waals surface area contributed by atoms with E-state index in [0.717, 1.165) is 12.3 Å². The minimum atomic E-state index is -0.450. The average Bonchev–Trinajstić information content (AvgIpc) is 2.54. The van der Waals surface area contributed by atoms with Crippen LogP contribution in [0.3, 0.4) is 0 Å². The summed E-state index contributed by atoms with van der Waals surface area (Å²) in [5.74, 6) is -0.290. The summed E-state index contributed by atoms with van der Waals surface area (Å²) in [5, 5.41) is 6.16. The van der Waals surface area contributed by atoms with Gasteiger partial charge in [-0.05, 0) is 0 Å². The van der Waals surface area contributed by atoms with Crippen LogP contribution >= 0.6 is 34.2 Å². The number of carbonyl (C=O) groups excluding carboxylic acids is 2. The van der Waals surface area contributed by atoms with Crippen LogP contribution in [0.5, 0.6) is 0 Å². The summed E-state index contributed by atoms with van der Waals surface area (Å²) in [5.41, 5.74) is 0.599. The molecular formula is C16H15AsClIN3O2. The summed E-state index contributed by atoms with van der Waals surface area (Å²) in [4.78, 5) is 27.3. The molecule has 5 nitrogen and oxygen atoms in total. The van der Waals surface area contributed by atoms with Crippen LogP contribution in [0, 0.1) is 3.57 Å². The Kier molecular flexibility index (Phi) is 7.52. The Hall–Kier alpha value is -1.11. The first-order chi connectivity index (χ1) is 11.5. The van der Waals surface area contributed by atoms with Crippen LogP contribution in [-0.2, 0) is 4.79 Å². The van der Waals surface area contributed by atoms with Gasteiger partial charge >= 0.3 is 166 Å². The number of aromatic nitrogens is 1. The summed E-state index contributed by atoms with van der Waals surface area (Å²) < 4.78 is 3.01. The van der Waals surface area contributed by atoms with E-state index in [1.165, 1.54) is 6.92 Å². The van der Waals surface area contributed by atoms with Gasteiger partial charge in [0.05, 0.1) is 0 Å². The van der Waals surface area contributed by atoms with Gasteiger partial charge in [-0.3, -0.25) is 0 Å². The quantitative estimate of drug-likeness (QED) is 0.339. The van der Waals surface area contributed by atoms with E-state index in [-0.39, 0.29) is 11.8 Å². The van der Waals surface area contributed by atoms with Crippen LogP contribution in [0.15, 0.2) is 36.7 Å². The predicted molar refractivity (Wildman–Crippen MR) is 104 cm³/mol. The fraction of sp³-hybridized carbons (Fsp3) is 0.188. The van der Waals surface area contributed by atoms with Crippen LogP contribution in [-0.4, -0.2) is 45.6 Å². The number of halogens is 2. The Balaban J connectivity index is 2.09. The van der Waals surface area contributed by atoms with Crippen molar-refractivity contribution in [1.29, 1.82) is 0 Å². The molecule has 1 aromatic carbocycles. The molecule has 0 aliphatic heterocycles. The van der Waals surface area contributed by atoms with Gasteiger partial charge in [0.1, 0.15) is 0 Å². The first kappa shape index (κ1) is 19.2.